The van der Waals surface area contributed by atoms with Crippen LogP contribution in [0.2, 0.25) is 5.02 Å². The number of carbonyl (C=O) groups is 3. The molecule has 0 spiro atoms. The molecule has 0 saturated carbocycles. The number of aromatic nitrogens is 1. The molecule has 0 fully saturated rings. The maximum absolute atomic E-state index is 13.5. The molecule has 1 unspecified atom stereocenters. The van der Waals surface area contributed by atoms with Crippen LogP contribution < -0.4 is 16.0 Å². The lowest BCUT2D eigenvalue weighted by molar-refractivity contribution is -0.116. The summed E-state index contributed by atoms with van der Waals surface area (Å²) in [5.41, 5.74) is 2.46. The van der Waals surface area contributed by atoms with E-state index in [0.717, 1.165) is 10.5 Å². The van der Waals surface area contributed by atoms with Gasteiger partial charge in [-0.25, -0.2) is 4.98 Å². The van der Waals surface area contributed by atoms with Crippen LogP contribution in [0.25, 0.3) is 6.08 Å². The van der Waals surface area contributed by atoms with E-state index in [9.17, 15) is 14.4 Å². The van der Waals surface area contributed by atoms with E-state index in [1.807, 2.05) is 42.5 Å². The molecule has 3 amide bonds. The number of nitrogens with one attached hydrogen (secondary N) is 3. The Bertz CT molecular complexity index is 1770. The van der Waals surface area contributed by atoms with Gasteiger partial charge in [-0.05, 0) is 71.8 Å². The lowest BCUT2D eigenvalue weighted by Gasteiger charge is -2.17. The number of hydrogen-bond acceptors (Lipinski definition) is 5. The van der Waals surface area contributed by atoms with Gasteiger partial charge >= 0.3 is 0 Å². The number of carbonyl (C=O) groups excluding carboxylic acids is 3. The Labute approximate surface area is 264 Å². The molecule has 0 aliphatic heterocycles. The molecule has 9 heteroatoms. The van der Waals surface area contributed by atoms with Crippen LogP contribution in [0, 0.1) is 0 Å². The van der Waals surface area contributed by atoms with Crippen LogP contribution in [0.15, 0.2) is 144 Å². The second kappa shape index (κ2) is 14.8. The normalized spacial score (nSPS) is 11.7. The highest BCUT2D eigenvalue weighted by Crippen LogP contribution is 2.37. The molecule has 0 saturated heterocycles. The molecule has 0 aliphatic rings. The van der Waals surface area contributed by atoms with Crippen LogP contribution in [0.3, 0.4) is 0 Å². The van der Waals surface area contributed by atoms with Gasteiger partial charge in [-0.15, -0.1) is 11.8 Å². The quantitative estimate of drug-likeness (QED) is 0.110. The van der Waals surface area contributed by atoms with Crippen molar-refractivity contribution in [2.75, 3.05) is 10.6 Å². The number of thioether (sulfide) groups is 1. The van der Waals surface area contributed by atoms with Crippen LogP contribution in [0.1, 0.15) is 26.7 Å². The molecule has 0 radical (unpaired) electrons. The highest BCUT2D eigenvalue weighted by molar-refractivity contribution is 8.00. The molecule has 1 heterocycles. The largest absolute Gasteiger partial charge is 0.321 e. The first-order valence-corrected chi connectivity index (χ1v) is 14.9. The van der Waals surface area contributed by atoms with Crippen LogP contribution in [-0.4, -0.2) is 22.7 Å². The predicted molar refractivity (Wildman–Crippen MR) is 176 cm³/mol. The minimum absolute atomic E-state index is 0.0520. The van der Waals surface area contributed by atoms with Crippen molar-refractivity contribution in [2.24, 2.45) is 0 Å². The highest BCUT2D eigenvalue weighted by Gasteiger charge is 2.23. The molecule has 3 N–H and O–H groups in total. The standard InChI is InChI=1S/C35H27ClN4O3S/c36-27-19-17-24(18-20-27)22-30(39-33(41)26-12-5-2-6-13-26)34(42)38-28-14-9-15-29(23-28)44-32(25-10-3-1-4-11-25)35(43)40-31-16-7-8-21-37-31/h1-23,32H,(H,38,42)(H,39,41)(H,37,40,43)/b30-22-. The lowest BCUT2D eigenvalue weighted by atomic mass is 10.1. The molecular weight excluding hydrogens is 592 g/mol. The van der Waals surface area contributed by atoms with Gasteiger partial charge in [0, 0.05) is 27.4 Å². The second-order valence-electron chi connectivity index (χ2n) is 9.52. The number of pyridine rings is 1. The van der Waals surface area contributed by atoms with E-state index >= 15 is 0 Å². The molecule has 7 nitrogen and oxygen atoms in total. The van der Waals surface area contributed by atoms with Gasteiger partial charge in [0.15, 0.2) is 0 Å². The molecule has 1 aromatic heterocycles. The molecule has 0 bridgehead atoms. The van der Waals surface area contributed by atoms with Gasteiger partial charge in [-0.2, -0.15) is 0 Å². The molecule has 44 heavy (non-hydrogen) atoms. The van der Waals surface area contributed by atoms with Gasteiger partial charge in [-0.1, -0.05) is 84.4 Å². The summed E-state index contributed by atoms with van der Waals surface area (Å²) in [5, 5.41) is 8.47. The summed E-state index contributed by atoms with van der Waals surface area (Å²) in [7, 11) is 0. The van der Waals surface area contributed by atoms with Gasteiger partial charge in [0.2, 0.25) is 5.91 Å². The minimum Gasteiger partial charge on any atom is -0.321 e. The second-order valence-corrected chi connectivity index (χ2v) is 11.1. The van der Waals surface area contributed by atoms with Crippen LogP contribution in [0.5, 0.6) is 0 Å². The minimum atomic E-state index is -0.588. The summed E-state index contributed by atoms with van der Waals surface area (Å²) < 4.78 is 0. The average Bonchev–Trinajstić information content (AvgIpc) is 3.05. The number of rotatable bonds is 10. The van der Waals surface area contributed by atoms with Gasteiger partial charge in [0.1, 0.15) is 16.8 Å². The van der Waals surface area contributed by atoms with Crippen molar-refractivity contribution in [1.29, 1.82) is 0 Å². The fourth-order valence-corrected chi connectivity index (χ4v) is 5.39. The third-order valence-electron chi connectivity index (χ3n) is 6.31. The fourth-order valence-electron chi connectivity index (χ4n) is 4.18. The van der Waals surface area contributed by atoms with Crippen molar-refractivity contribution < 1.29 is 14.4 Å². The molecule has 5 rings (SSSR count). The Morgan fingerprint density at radius 2 is 1.45 bits per heavy atom. The molecule has 0 aliphatic carbocycles. The van der Waals surface area contributed by atoms with E-state index in [2.05, 4.69) is 20.9 Å². The summed E-state index contributed by atoms with van der Waals surface area (Å²) in [6.45, 7) is 0. The third kappa shape index (κ3) is 8.44. The number of amides is 3. The van der Waals surface area contributed by atoms with Gasteiger partial charge in [-0.3, -0.25) is 14.4 Å². The lowest BCUT2D eigenvalue weighted by Crippen LogP contribution is -2.30. The first kappa shape index (κ1) is 30.3. The number of hydrogen-bond donors (Lipinski definition) is 3. The number of anilines is 2. The Kier molecular flexibility index (Phi) is 10.2. The van der Waals surface area contributed by atoms with Crippen molar-refractivity contribution in [1.82, 2.24) is 10.3 Å². The number of halogens is 1. The van der Waals surface area contributed by atoms with E-state index in [0.29, 0.717) is 27.7 Å². The zero-order chi connectivity index (χ0) is 30.7. The van der Waals surface area contributed by atoms with Gasteiger partial charge < -0.3 is 16.0 Å². The highest BCUT2D eigenvalue weighted by atomic mass is 35.5. The Morgan fingerprint density at radius 1 is 0.750 bits per heavy atom. The first-order chi connectivity index (χ1) is 21.4. The van der Waals surface area contributed by atoms with E-state index in [4.69, 9.17) is 11.6 Å². The number of nitrogens with zero attached hydrogens (tertiary/aromatic N) is 1. The maximum Gasteiger partial charge on any atom is 0.272 e. The summed E-state index contributed by atoms with van der Waals surface area (Å²) in [4.78, 5) is 44.8. The first-order valence-electron chi connectivity index (χ1n) is 13.6. The summed E-state index contributed by atoms with van der Waals surface area (Å²) in [5.74, 6) is -0.711. The van der Waals surface area contributed by atoms with Crippen LogP contribution >= 0.6 is 23.4 Å². The molecule has 5 aromatic rings. The van der Waals surface area contributed by atoms with Gasteiger partial charge in [0.05, 0.1) is 0 Å². The zero-order valence-electron chi connectivity index (χ0n) is 23.3. The SMILES string of the molecule is O=C(Nc1cccc(SC(C(=O)Nc2ccccn2)c2ccccc2)c1)/C(=C/c1ccc(Cl)cc1)NC(=O)c1ccccc1. The Hall–Kier alpha value is -5.18. The van der Waals surface area contributed by atoms with E-state index in [-0.39, 0.29) is 11.6 Å². The molecule has 1 atom stereocenters. The number of benzene rings is 4. The van der Waals surface area contributed by atoms with E-state index in [1.54, 1.807) is 97.2 Å². The summed E-state index contributed by atoms with van der Waals surface area (Å²) >= 11 is 7.38. The Morgan fingerprint density at radius 3 is 2.16 bits per heavy atom. The zero-order valence-corrected chi connectivity index (χ0v) is 24.9. The molecular formula is C35H27ClN4O3S. The monoisotopic (exact) mass is 618 g/mol. The van der Waals surface area contributed by atoms with Crippen molar-refractivity contribution >= 4 is 58.7 Å². The van der Waals surface area contributed by atoms with Crippen molar-refractivity contribution in [3.8, 4) is 0 Å². The van der Waals surface area contributed by atoms with Gasteiger partial charge in [0.25, 0.3) is 11.8 Å². The van der Waals surface area contributed by atoms with E-state index in [1.165, 1.54) is 11.8 Å². The third-order valence-corrected chi connectivity index (χ3v) is 7.81. The molecule has 218 valence electrons. The van der Waals surface area contributed by atoms with Crippen molar-refractivity contribution in [3.05, 3.63) is 161 Å². The fraction of sp³-hybridized carbons (Fsp3) is 0.0286. The van der Waals surface area contributed by atoms with Crippen LogP contribution in [-0.2, 0) is 9.59 Å². The maximum atomic E-state index is 13.5. The summed E-state index contributed by atoms with van der Waals surface area (Å²) in [6.07, 6.45) is 3.20. The van der Waals surface area contributed by atoms with Crippen molar-refractivity contribution in [2.45, 2.75) is 10.1 Å². The molecule has 4 aromatic carbocycles. The predicted octanol–water partition coefficient (Wildman–Crippen LogP) is 7.62. The Balaban J connectivity index is 1.37. The van der Waals surface area contributed by atoms with Crippen molar-refractivity contribution in [3.63, 3.8) is 0 Å². The smallest absolute Gasteiger partial charge is 0.272 e. The summed E-state index contributed by atoms with van der Waals surface area (Å²) in [6, 6.07) is 37.5. The average molecular weight is 619 g/mol. The van der Waals surface area contributed by atoms with Crippen LogP contribution in [0.4, 0.5) is 11.5 Å². The van der Waals surface area contributed by atoms with E-state index < -0.39 is 17.1 Å². The topological polar surface area (TPSA) is 100 Å².